The van der Waals surface area contributed by atoms with Gasteiger partial charge in [-0.25, -0.2) is 4.57 Å². The average molecular weight is 1110 g/mol. The molecule has 0 fully saturated rings. The van der Waals surface area contributed by atoms with Gasteiger partial charge in [0.05, 0.1) is 27.7 Å². The Labute approximate surface area is 481 Å². The van der Waals surface area contributed by atoms with Crippen molar-refractivity contribution in [3.8, 4) is 0 Å². The van der Waals surface area contributed by atoms with Crippen molar-refractivity contribution in [2.75, 3.05) is 47.5 Å². The van der Waals surface area contributed by atoms with Crippen LogP contribution in [0, 0.1) is 0 Å². The van der Waals surface area contributed by atoms with Gasteiger partial charge in [-0.05, 0) is 96.3 Å². The number of unbranched alkanes of at least 4 members (excludes halogenated alkanes) is 28. The fourth-order valence-electron chi connectivity index (χ4n) is 8.70. The Morgan fingerprint density at radius 1 is 0.410 bits per heavy atom. The van der Waals surface area contributed by atoms with E-state index in [0.29, 0.717) is 17.4 Å². The normalized spacial score (nSPS) is 13.9. The number of ether oxygens (including phenoxy) is 2. The summed E-state index contributed by atoms with van der Waals surface area (Å²) in [7, 11) is 1.47. The molecule has 0 aliphatic heterocycles. The number of rotatable bonds is 58. The second kappa shape index (κ2) is 58.6. The van der Waals surface area contributed by atoms with Gasteiger partial charge in [0.2, 0.25) is 0 Å². The van der Waals surface area contributed by atoms with Crippen molar-refractivity contribution in [2.24, 2.45) is 0 Å². The summed E-state index contributed by atoms with van der Waals surface area (Å²) >= 11 is 0. The van der Waals surface area contributed by atoms with Gasteiger partial charge in [0, 0.05) is 12.8 Å². The van der Waals surface area contributed by atoms with E-state index in [1.54, 1.807) is 0 Å². The van der Waals surface area contributed by atoms with Crippen LogP contribution in [0.1, 0.15) is 271 Å². The first-order valence-corrected chi connectivity index (χ1v) is 33.5. The highest BCUT2D eigenvalue weighted by Gasteiger charge is 2.27. The predicted octanol–water partition coefficient (Wildman–Crippen LogP) is 20.4. The molecule has 0 aliphatic carbocycles. The molecule has 0 aromatic rings. The molecular weight excluding hydrogens is 990 g/mol. The molecule has 0 radical (unpaired) electrons. The molecule has 78 heavy (non-hydrogen) atoms. The molecule has 0 rings (SSSR count). The van der Waals surface area contributed by atoms with E-state index in [9.17, 15) is 19.0 Å². The molecule has 0 aliphatic rings. The summed E-state index contributed by atoms with van der Waals surface area (Å²) in [6.07, 6.45) is 80.6. The summed E-state index contributed by atoms with van der Waals surface area (Å²) < 4.78 is 34.6. The summed E-state index contributed by atoms with van der Waals surface area (Å²) in [6.45, 7) is 4.33. The molecule has 2 atom stereocenters. The lowest BCUT2D eigenvalue weighted by Crippen LogP contribution is -2.37. The zero-order valence-corrected chi connectivity index (χ0v) is 52.0. The van der Waals surface area contributed by atoms with E-state index in [2.05, 4.69) is 111 Å². The molecule has 0 saturated heterocycles. The third-order valence-electron chi connectivity index (χ3n) is 13.6. The van der Waals surface area contributed by atoms with Gasteiger partial charge >= 0.3 is 19.8 Å². The van der Waals surface area contributed by atoms with Crippen molar-refractivity contribution in [3.63, 3.8) is 0 Å². The fraction of sp³-hybridized carbons (Fsp3) is 0.735. The molecule has 0 heterocycles. The van der Waals surface area contributed by atoms with Crippen LogP contribution in [0.15, 0.2) is 97.2 Å². The number of allylic oxidation sites excluding steroid dienone is 16. The zero-order valence-electron chi connectivity index (χ0n) is 51.1. The molecule has 0 aromatic carbocycles. The SMILES string of the molecule is CC/C=C\C/C=C\C/C=C\C/C=C\C/C=C\C/C=C\C/C=C\CCCCCCCCCCCCCCCC(=O)OC(COC(=O)CCCCCCCCCCC/C=C\CCCCCCCC)COP(=O)(O)OCC[N+](C)(C)C. The lowest BCUT2D eigenvalue weighted by molar-refractivity contribution is -0.870. The largest absolute Gasteiger partial charge is 0.472 e. The topological polar surface area (TPSA) is 108 Å². The van der Waals surface area contributed by atoms with Crippen LogP contribution < -0.4 is 0 Å². The fourth-order valence-corrected chi connectivity index (χ4v) is 9.44. The molecule has 0 aromatic heterocycles. The maximum atomic E-state index is 12.8. The molecule has 1 N–H and O–H groups in total. The monoisotopic (exact) mass is 1110 g/mol. The molecule has 0 spiro atoms. The second-order valence-corrected chi connectivity index (χ2v) is 23.9. The number of hydrogen-bond acceptors (Lipinski definition) is 7. The third kappa shape index (κ3) is 62.1. The minimum atomic E-state index is -4.39. The van der Waals surface area contributed by atoms with Crippen LogP contribution in [0.25, 0.3) is 0 Å². The Morgan fingerprint density at radius 2 is 0.731 bits per heavy atom. The minimum absolute atomic E-state index is 0.0285. The molecule has 450 valence electrons. The van der Waals surface area contributed by atoms with Crippen LogP contribution in [0.5, 0.6) is 0 Å². The minimum Gasteiger partial charge on any atom is -0.462 e. The van der Waals surface area contributed by atoms with Gasteiger partial charge in [0.25, 0.3) is 0 Å². The first-order valence-electron chi connectivity index (χ1n) is 32.0. The van der Waals surface area contributed by atoms with E-state index >= 15 is 0 Å². The van der Waals surface area contributed by atoms with Gasteiger partial charge in [-0.1, -0.05) is 259 Å². The number of quaternary nitrogens is 1. The molecule has 0 amide bonds. The Bertz CT molecular complexity index is 1640. The van der Waals surface area contributed by atoms with Crippen LogP contribution in [-0.4, -0.2) is 74.9 Å². The molecule has 10 heteroatoms. The van der Waals surface area contributed by atoms with Crippen molar-refractivity contribution in [1.29, 1.82) is 0 Å². The van der Waals surface area contributed by atoms with E-state index in [-0.39, 0.29) is 32.0 Å². The van der Waals surface area contributed by atoms with E-state index in [1.807, 2.05) is 21.1 Å². The standard InChI is InChI=1S/C68H120NO8P/c1-6-8-10-12-14-16-18-20-22-24-26-27-28-29-30-31-32-33-34-35-36-37-38-39-40-41-43-45-47-49-51-53-55-57-59-61-68(71)77-66(65-76-78(72,73)75-63-62-69(3,4)5)64-74-67(70)60-58-56-54-52-50-48-46-44-42-25-23-21-19-17-15-13-11-9-7-2/h8,10,14,16,20-23,26-27,29-30,32-33,35-36,66H,6-7,9,11-13,15,17-19,24-25,28,31,34,37-65H2,1-5H3/p+1/b10-8-,16-14-,22-20-,23-21-,27-26-,30-29-,33-32-,36-35-. The first kappa shape index (κ1) is 74.9. The number of phosphoric ester groups is 1. The molecule has 0 saturated carbocycles. The summed E-state index contributed by atoms with van der Waals surface area (Å²) in [5.41, 5.74) is 0. The van der Waals surface area contributed by atoms with Gasteiger partial charge in [-0.3, -0.25) is 18.6 Å². The first-order chi connectivity index (χ1) is 38.0. The number of esters is 2. The Hall–Kier alpha value is -3.07. The Kier molecular flexibility index (Phi) is 56.3. The van der Waals surface area contributed by atoms with Crippen LogP contribution in [0.4, 0.5) is 0 Å². The van der Waals surface area contributed by atoms with Gasteiger partial charge in [0.1, 0.15) is 19.8 Å². The lowest BCUT2D eigenvalue weighted by atomic mass is 10.0. The number of likely N-dealkylation sites (N-methyl/N-ethyl adjacent to an activating group) is 1. The van der Waals surface area contributed by atoms with E-state index in [4.69, 9.17) is 18.5 Å². The molecule has 0 bridgehead atoms. The van der Waals surface area contributed by atoms with Gasteiger partial charge in [-0.2, -0.15) is 0 Å². The number of hydrogen-bond donors (Lipinski definition) is 1. The highest BCUT2D eigenvalue weighted by molar-refractivity contribution is 7.47. The summed E-state index contributed by atoms with van der Waals surface area (Å²) in [5, 5.41) is 0. The number of carbonyl (C=O) groups excluding carboxylic acids is 2. The van der Waals surface area contributed by atoms with Gasteiger partial charge < -0.3 is 18.9 Å². The molecule has 2 unspecified atom stereocenters. The Balaban J connectivity index is 4.09. The quantitative estimate of drug-likeness (QED) is 0.0211. The number of carbonyl (C=O) groups is 2. The van der Waals surface area contributed by atoms with Crippen LogP contribution in [0.3, 0.4) is 0 Å². The molecule has 9 nitrogen and oxygen atoms in total. The highest BCUT2D eigenvalue weighted by Crippen LogP contribution is 2.43. The van der Waals surface area contributed by atoms with Crippen molar-refractivity contribution in [2.45, 2.75) is 277 Å². The maximum absolute atomic E-state index is 12.8. The van der Waals surface area contributed by atoms with Crippen LogP contribution >= 0.6 is 7.82 Å². The van der Waals surface area contributed by atoms with Gasteiger partial charge in [0.15, 0.2) is 6.10 Å². The lowest BCUT2D eigenvalue weighted by Gasteiger charge is -2.24. The van der Waals surface area contributed by atoms with E-state index in [1.165, 1.54) is 154 Å². The van der Waals surface area contributed by atoms with Gasteiger partial charge in [-0.15, -0.1) is 0 Å². The summed E-state index contributed by atoms with van der Waals surface area (Å²) in [4.78, 5) is 35.8. The summed E-state index contributed by atoms with van der Waals surface area (Å²) in [5.74, 6) is -0.797. The Morgan fingerprint density at radius 3 is 1.10 bits per heavy atom. The number of nitrogens with zero attached hydrogens (tertiary/aromatic N) is 1. The third-order valence-corrected chi connectivity index (χ3v) is 14.6. The average Bonchev–Trinajstić information content (AvgIpc) is 3.41. The second-order valence-electron chi connectivity index (χ2n) is 22.4. The van der Waals surface area contributed by atoms with E-state index < -0.39 is 26.5 Å². The van der Waals surface area contributed by atoms with E-state index in [0.717, 1.165) is 83.5 Å². The zero-order chi connectivity index (χ0) is 57.0. The predicted molar refractivity (Wildman–Crippen MR) is 335 cm³/mol. The van der Waals surface area contributed by atoms with Crippen molar-refractivity contribution < 1.29 is 42.1 Å². The smallest absolute Gasteiger partial charge is 0.462 e. The highest BCUT2D eigenvalue weighted by atomic mass is 31.2. The van der Waals surface area contributed by atoms with Crippen LogP contribution in [-0.2, 0) is 32.7 Å². The van der Waals surface area contributed by atoms with Crippen molar-refractivity contribution in [3.05, 3.63) is 97.2 Å². The van der Waals surface area contributed by atoms with Crippen LogP contribution in [0.2, 0.25) is 0 Å². The molecular formula is C68H121NO8P+. The van der Waals surface area contributed by atoms with Crippen molar-refractivity contribution in [1.82, 2.24) is 0 Å². The van der Waals surface area contributed by atoms with Crippen molar-refractivity contribution >= 4 is 19.8 Å². The summed E-state index contributed by atoms with van der Waals surface area (Å²) in [6, 6.07) is 0. The maximum Gasteiger partial charge on any atom is 0.472 e. The number of phosphoric acid groups is 1.